The molecule has 0 saturated heterocycles. The summed E-state index contributed by atoms with van der Waals surface area (Å²) in [6.45, 7) is 0.281. The maximum atomic E-state index is 5.48. The highest BCUT2D eigenvalue weighted by atomic mass is 79.9. The van der Waals surface area contributed by atoms with Crippen molar-refractivity contribution in [3.8, 4) is 5.75 Å². The first kappa shape index (κ1) is 10.7. The van der Waals surface area contributed by atoms with Gasteiger partial charge in [0.2, 0.25) is 0 Å². The summed E-state index contributed by atoms with van der Waals surface area (Å²) in [5.41, 5.74) is 0. The fourth-order valence-corrected chi connectivity index (χ4v) is 1.66. The Hall–Kier alpha value is -1.43. The Labute approximate surface area is 106 Å². The summed E-state index contributed by atoms with van der Waals surface area (Å²) in [5, 5.41) is 3.92. The second-order valence-electron chi connectivity index (χ2n) is 3.93. The SMILES string of the molecule is Brc1ccc(OCc2nc(C3CC3)no2)cn1. The lowest BCUT2D eigenvalue weighted by molar-refractivity contribution is 0.241. The van der Waals surface area contributed by atoms with Crippen LogP contribution in [0.15, 0.2) is 27.5 Å². The third-order valence-corrected chi connectivity index (χ3v) is 2.96. The molecule has 0 bridgehead atoms. The minimum absolute atomic E-state index is 0.281. The molecular weight excluding hydrogens is 286 g/mol. The standard InChI is InChI=1S/C11H10BrN3O2/c12-9-4-3-8(5-13-9)16-6-10-14-11(15-17-10)7-1-2-7/h3-5,7H,1-2,6H2. The fraction of sp³-hybridized carbons (Fsp3) is 0.364. The number of hydrogen-bond donors (Lipinski definition) is 0. The van der Waals surface area contributed by atoms with E-state index in [9.17, 15) is 0 Å². The van der Waals surface area contributed by atoms with Gasteiger partial charge in [0, 0.05) is 5.92 Å². The molecule has 88 valence electrons. The summed E-state index contributed by atoms with van der Waals surface area (Å²) in [4.78, 5) is 8.33. The van der Waals surface area contributed by atoms with Crippen molar-refractivity contribution in [3.63, 3.8) is 0 Å². The summed E-state index contributed by atoms with van der Waals surface area (Å²) >= 11 is 3.26. The van der Waals surface area contributed by atoms with Gasteiger partial charge in [-0.1, -0.05) is 5.16 Å². The molecule has 6 heteroatoms. The van der Waals surface area contributed by atoms with Crippen molar-refractivity contribution in [1.82, 2.24) is 15.1 Å². The van der Waals surface area contributed by atoms with Crippen LogP contribution >= 0.6 is 15.9 Å². The number of ether oxygens (including phenoxy) is 1. The molecule has 1 aliphatic rings. The van der Waals surface area contributed by atoms with Crippen LogP contribution in [-0.2, 0) is 6.61 Å². The molecule has 2 heterocycles. The molecule has 0 atom stereocenters. The van der Waals surface area contributed by atoms with Gasteiger partial charge in [-0.2, -0.15) is 4.98 Å². The van der Waals surface area contributed by atoms with E-state index in [1.54, 1.807) is 6.20 Å². The molecule has 3 rings (SSSR count). The van der Waals surface area contributed by atoms with Crippen LogP contribution < -0.4 is 4.74 Å². The van der Waals surface area contributed by atoms with E-state index in [-0.39, 0.29) is 6.61 Å². The molecule has 0 radical (unpaired) electrons. The monoisotopic (exact) mass is 295 g/mol. The Morgan fingerprint density at radius 1 is 1.41 bits per heavy atom. The normalized spacial score (nSPS) is 14.9. The van der Waals surface area contributed by atoms with E-state index in [4.69, 9.17) is 9.26 Å². The van der Waals surface area contributed by atoms with Crippen LogP contribution in [0.1, 0.15) is 30.5 Å². The molecule has 1 fully saturated rings. The van der Waals surface area contributed by atoms with Crippen molar-refractivity contribution in [2.24, 2.45) is 0 Å². The number of hydrogen-bond acceptors (Lipinski definition) is 5. The van der Waals surface area contributed by atoms with E-state index in [2.05, 4.69) is 31.1 Å². The minimum Gasteiger partial charge on any atom is -0.482 e. The summed E-state index contributed by atoms with van der Waals surface area (Å²) in [5.74, 6) is 2.49. The average molecular weight is 296 g/mol. The third kappa shape index (κ3) is 2.63. The van der Waals surface area contributed by atoms with Crippen LogP contribution in [0.2, 0.25) is 0 Å². The summed E-state index contributed by atoms with van der Waals surface area (Å²) in [6.07, 6.45) is 3.97. The molecule has 5 nitrogen and oxygen atoms in total. The molecule has 17 heavy (non-hydrogen) atoms. The Bertz CT molecular complexity index is 508. The maximum absolute atomic E-state index is 5.48. The predicted octanol–water partition coefficient (Wildman–Crippen LogP) is 2.68. The van der Waals surface area contributed by atoms with Crippen LogP contribution in [0.5, 0.6) is 5.75 Å². The Morgan fingerprint density at radius 3 is 3.00 bits per heavy atom. The molecule has 0 aromatic carbocycles. The van der Waals surface area contributed by atoms with Gasteiger partial charge in [-0.05, 0) is 40.9 Å². The van der Waals surface area contributed by atoms with Crippen molar-refractivity contribution in [2.45, 2.75) is 25.4 Å². The van der Waals surface area contributed by atoms with Gasteiger partial charge >= 0.3 is 0 Å². The van der Waals surface area contributed by atoms with E-state index >= 15 is 0 Å². The maximum Gasteiger partial charge on any atom is 0.264 e. The average Bonchev–Trinajstić information content (AvgIpc) is 3.09. The number of rotatable bonds is 4. The Morgan fingerprint density at radius 2 is 2.29 bits per heavy atom. The first-order valence-electron chi connectivity index (χ1n) is 5.38. The molecule has 2 aromatic rings. The lowest BCUT2D eigenvalue weighted by Gasteiger charge is -2.01. The largest absolute Gasteiger partial charge is 0.482 e. The van der Waals surface area contributed by atoms with Gasteiger partial charge < -0.3 is 9.26 Å². The van der Waals surface area contributed by atoms with Crippen molar-refractivity contribution < 1.29 is 9.26 Å². The van der Waals surface area contributed by atoms with E-state index in [1.165, 1.54) is 0 Å². The quantitative estimate of drug-likeness (QED) is 0.812. The molecule has 0 N–H and O–H groups in total. The Kier molecular flexibility index (Phi) is 2.80. The van der Waals surface area contributed by atoms with Gasteiger partial charge in [-0.25, -0.2) is 4.98 Å². The first-order chi connectivity index (χ1) is 8.31. The molecule has 0 aliphatic heterocycles. The molecule has 1 saturated carbocycles. The van der Waals surface area contributed by atoms with Gasteiger partial charge in [0.15, 0.2) is 12.4 Å². The second-order valence-corrected chi connectivity index (χ2v) is 4.74. The van der Waals surface area contributed by atoms with Crippen LogP contribution in [0, 0.1) is 0 Å². The van der Waals surface area contributed by atoms with Gasteiger partial charge in [0.05, 0.1) is 6.20 Å². The summed E-state index contributed by atoms with van der Waals surface area (Å²) in [6, 6.07) is 3.65. The Balaban J connectivity index is 1.60. The molecule has 2 aromatic heterocycles. The predicted molar refractivity (Wildman–Crippen MR) is 62.5 cm³/mol. The van der Waals surface area contributed by atoms with Crippen molar-refractivity contribution in [2.75, 3.05) is 0 Å². The van der Waals surface area contributed by atoms with Crippen LogP contribution in [0.4, 0.5) is 0 Å². The smallest absolute Gasteiger partial charge is 0.264 e. The van der Waals surface area contributed by atoms with Gasteiger partial charge in [-0.3, -0.25) is 0 Å². The number of aromatic nitrogens is 3. The van der Waals surface area contributed by atoms with Gasteiger partial charge in [0.1, 0.15) is 10.4 Å². The van der Waals surface area contributed by atoms with E-state index < -0.39 is 0 Å². The number of nitrogens with zero attached hydrogens (tertiary/aromatic N) is 3. The van der Waals surface area contributed by atoms with Crippen molar-refractivity contribution in [1.29, 1.82) is 0 Å². The number of pyridine rings is 1. The molecule has 0 amide bonds. The summed E-state index contributed by atoms with van der Waals surface area (Å²) < 4.78 is 11.4. The highest BCUT2D eigenvalue weighted by Crippen LogP contribution is 2.38. The lowest BCUT2D eigenvalue weighted by Crippen LogP contribution is -1.96. The van der Waals surface area contributed by atoms with Crippen molar-refractivity contribution in [3.05, 3.63) is 34.6 Å². The number of halogens is 1. The zero-order valence-electron chi connectivity index (χ0n) is 8.97. The van der Waals surface area contributed by atoms with E-state index in [0.29, 0.717) is 17.6 Å². The van der Waals surface area contributed by atoms with Crippen LogP contribution in [-0.4, -0.2) is 15.1 Å². The third-order valence-electron chi connectivity index (χ3n) is 2.49. The minimum atomic E-state index is 0.281. The highest BCUT2D eigenvalue weighted by Gasteiger charge is 2.28. The van der Waals surface area contributed by atoms with E-state index in [1.807, 2.05) is 12.1 Å². The van der Waals surface area contributed by atoms with Gasteiger partial charge in [-0.15, -0.1) is 0 Å². The topological polar surface area (TPSA) is 61.0 Å². The summed E-state index contributed by atoms with van der Waals surface area (Å²) in [7, 11) is 0. The van der Waals surface area contributed by atoms with E-state index in [0.717, 1.165) is 23.3 Å². The molecular formula is C11H10BrN3O2. The van der Waals surface area contributed by atoms with Crippen LogP contribution in [0.3, 0.4) is 0 Å². The highest BCUT2D eigenvalue weighted by molar-refractivity contribution is 9.10. The van der Waals surface area contributed by atoms with Crippen molar-refractivity contribution >= 4 is 15.9 Å². The second kappa shape index (κ2) is 4.44. The molecule has 0 unspecified atom stereocenters. The molecule has 0 spiro atoms. The zero-order chi connectivity index (χ0) is 11.7. The molecule has 1 aliphatic carbocycles. The fourth-order valence-electron chi connectivity index (χ4n) is 1.43. The zero-order valence-corrected chi connectivity index (χ0v) is 10.6. The lowest BCUT2D eigenvalue weighted by atomic mass is 10.4. The van der Waals surface area contributed by atoms with Crippen LogP contribution in [0.25, 0.3) is 0 Å². The van der Waals surface area contributed by atoms with Gasteiger partial charge in [0.25, 0.3) is 5.89 Å². The first-order valence-corrected chi connectivity index (χ1v) is 6.17.